The molecule has 1 aromatic rings. The van der Waals surface area contributed by atoms with Crippen LogP contribution >= 0.6 is 0 Å². The predicted molar refractivity (Wildman–Crippen MR) is 68.9 cm³/mol. The second-order valence-electron chi connectivity index (χ2n) is 4.90. The highest BCUT2D eigenvalue weighted by Gasteiger charge is 2.38. The number of aliphatic hydroxyl groups excluding tert-OH is 1. The molecule has 0 spiro atoms. The minimum atomic E-state index is -3.10. The summed E-state index contributed by atoms with van der Waals surface area (Å²) in [5.74, 6) is -0.111. The molecule has 0 bridgehead atoms. The van der Waals surface area contributed by atoms with E-state index in [1.807, 2.05) is 37.1 Å². The molecule has 18 heavy (non-hydrogen) atoms. The van der Waals surface area contributed by atoms with E-state index < -0.39 is 15.9 Å². The maximum Gasteiger partial charge on any atom is 0.154 e. The predicted octanol–water partition coefficient (Wildman–Crippen LogP) is -0.0203. The van der Waals surface area contributed by atoms with Crippen LogP contribution in [0, 0.1) is 6.92 Å². The third kappa shape index (κ3) is 3.07. The van der Waals surface area contributed by atoms with Gasteiger partial charge in [0.05, 0.1) is 29.3 Å². The number of aliphatic hydroxyl groups is 1. The van der Waals surface area contributed by atoms with Gasteiger partial charge in [0.15, 0.2) is 9.84 Å². The number of hydrogen-bond donors (Lipinski definition) is 1. The average Bonchev–Trinajstić information content (AvgIpc) is 2.52. The van der Waals surface area contributed by atoms with Gasteiger partial charge in [0.25, 0.3) is 0 Å². The molecule has 2 rings (SSSR count). The van der Waals surface area contributed by atoms with Gasteiger partial charge in [0.1, 0.15) is 0 Å². The highest BCUT2D eigenvalue weighted by atomic mass is 32.2. The first-order valence-electron chi connectivity index (χ1n) is 5.89. The lowest BCUT2D eigenvalue weighted by atomic mass is 10.2. The number of aromatic nitrogens is 1. The fourth-order valence-corrected chi connectivity index (χ4v) is 4.17. The van der Waals surface area contributed by atoms with Gasteiger partial charge in [-0.1, -0.05) is 6.07 Å². The van der Waals surface area contributed by atoms with Crippen LogP contribution in [-0.2, 0) is 16.4 Å². The van der Waals surface area contributed by atoms with Gasteiger partial charge in [-0.3, -0.25) is 9.88 Å². The molecule has 0 radical (unpaired) electrons. The molecule has 100 valence electrons. The van der Waals surface area contributed by atoms with Crippen LogP contribution in [0.25, 0.3) is 0 Å². The Kier molecular flexibility index (Phi) is 3.70. The Balaban J connectivity index is 2.07. The number of likely N-dealkylation sites (N-methyl/N-ethyl adjacent to an activating group) is 1. The van der Waals surface area contributed by atoms with E-state index in [2.05, 4.69) is 4.98 Å². The molecule has 0 amide bonds. The van der Waals surface area contributed by atoms with Gasteiger partial charge < -0.3 is 5.11 Å². The quantitative estimate of drug-likeness (QED) is 0.836. The molecule has 0 aromatic carbocycles. The largest absolute Gasteiger partial charge is 0.390 e. The molecule has 1 aliphatic rings. The van der Waals surface area contributed by atoms with Crippen molar-refractivity contribution in [3.63, 3.8) is 0 Å². The van der Waals surface area contributed by atoms with Crippen LogP contribution < -0.4 is 0 Å². The van der Waals surface area contributed by atoms with Gasteiger partial charge >= 0.3 is 0 Å². The number of nitrogens with zero attached hydrogens (tertiary/aromatic N) is 2. The monoisotopic (exact) mass is 270 g/mol. The first-order chi connectivity index (χ1) is 8.37. The number of aryl methyl sites for hydroxylation is 1. The maximum absolute atomic E-state index is 11.5. The Bertz CT molecular complexity index is 530. The highest BCUT2D eigenvalue weighted by Crippen LogP contribution is 2.18. The minimum absolute atomic E-state index is 0.0243. The summed E-state index contributed by atoms with van der Waals surface area (Å²) in [5.41, 5.74) is 1.81. The van der Waals surface area contributed by atoms with Crippen LogP contribution in [0.4, 0.5) is 0 Å². The van der Waals surface area contributed by atoms with E-state index in [0.29, 0.717) is 6.54 Å². The summed E-state index contributed by atoms with van der Waals surface area (Å²) in [7, 11) is -1.28. The van der Waals surface area contributed by atoms with Crippen molar-refractivity contribution in [1.82, 2.24) is 9.88 Å². The van der Waals surface area contributed by atoms with Crippen molar-refractivity contribution in [2.45, 2.75) is 25.6 Å². The zero-order valence-electron chi connectivity index (χ0n) is 10.6. The normalized spacial score (nSPS) is 26.7. The van der Waals surface area contributed by atoms with Gasteiger partial charge in [-0.25, -0.2) is 8.42 Å². The Morgan fingerprint density at radius 2 is 2.17 bits per heavy atom. The highest BCUT2D eigenvalue weighted by molar-refractivity contribution is 7.91. The molecule has 1 aromatic heterocycles. The molecular weight excluding hydrogens is 252 g/mol. The minimum Gasteiger partial charge on any atom is -0.390 e. The third-order valence-corrected chi connectivity index (χ3v) is 4.92. The Morgan fingerprint density at radius 1 is 1.44 bits per heavy atom. The van der Waals surface area contributed by atoms with Crippen molar-refractivity contribution in [1.29, 1.82) is 0 Å². The number of hydrogen-bond acceptors (Lipinski definition) is 5. The van der Waals surface area contributed by atoms with Crippen LogP contribution in [-0.4, -0.2) is 54.1 Å². The number of rotatable bonds is 3. The van der Waals surface area contributed by atoms with Crippen molar-refractivity contribution >= 4 is 9.84 Å². The molecular formula is C12H18N2O3S. The molecule has 2 unspecified atom stereocenters. The zero-order chi connectivity index (χ0) is 13.3. The van der Waals surface area contributed by atoms with E-state index in [-0.39, 0.29) is 17.5 Å². The fraction of sp³-hybridized carbons (Fsp3) is 0.583. The topological polar surface area (TPSA) is 70.5 Å². The van der Waals surface area contributed by atoms with Crippen LogP contribution in [0.1, 0.15) is 11.4 Å². The molecule has 1 fully saturated rings. The van der Waals surface area contributed by atoms with E-state index in [9.17, 15) is 13.5 Å². The van der Waals surface area contributed by atoms with E-state index in [1.165, 1.54) is 0 Å². The summed E-state index contributed by atoms with van der Waals surface area (Å²) in [4.78, 5) is 6.23. The van der Waals surface area contributed by atoms with E-state index in [4.69, 9.17) is 0 Å². The van der Waals surface area contributed by atoms with E-state index in [1.54, 1.807) is 0 Å². The first kappa shape index (κ1) is 13.5. The SMILES string of the molecule is Cc1cccc(CN(C)C2CS(=O)(=O)CC2O)n1. The van der Waals surface area contributed by atoms with Crippen molar-refractivity contribution in [3.05, 3.63) is 29.6 Å². The Labute approximate surface area is 107 Å². The Hall–Kier alpha value is -0.980. The van der Waals surface area contributed by atoms with Gasteiger partial charge in [-0.2, -0.15) is 0 Å². The summed E-state index contributed by atoms with van der Waals surface area (Å²) >= 11 is 0. The standard InChI is InChI=1S/C12H18N2O3S/c1-9-4-3-5-10(13-9)6-14(2)11-7-18(16,17)8-12(11)15/h3-5,11-12,15H,6-8H2,1-2H3. The van der Waals surface area contributed by atoms with Crippen molar-refractivity contribution in [2.24, 2.45) is 0 Å². The lowest BCUT2D eigenvalue weighted by Gasteiger charge is -2.25. The molecule has 5 nitrogen and oxygen atoms in total. The summed E-state index contributed by atoms with van der Waals surface area (Å²) in [6.45, 7) is 2.46. The molecule has 6 heteroatoms. The molecule has 1 aliphatic heterocycles. The zero-order valence-corrected chi connectivity index (χ0v) is 11.4. The molecule has 2 heterocycles. The lowest BCUT2D eigenvalue weighted by molar-refractivity contribution is 0.0950. The van der Waals surface area contributed by atoms with E-state index >= 15 is 0 Å². The molecule has 2 atom stereocenters. The summed E-state index contributed by atoms with van der Waals surface area (Å²) < 4.78 is 22.9. The van der Waals surface area contributed by atoms with Crippen LogP contribution in [0.2, 0.25) is 0 Å². The molecule has 1 N–H and O–H groups in total. The van der Waals surface area contributed by atoms with Gasteiger partial charge in [-0.05, 0) is 26.1 Å². The third-order valence-electron chi connectivity index (χ3n) is 3.22. The summed E-state index contributed by atoms with van der Waals surface area (Å²) in [6, 6.07) is 5.41. The van der Waals surface area contributed by atoms with Crippen molar-refractivity contribution < 1.29 is 13.5 Å². The number of sulfone groups is 1. The average molecular weight is 270 g/mol. The van der Waals surface area contributed by atoms with Gasteiger partial charge in [-0.15, -0.1) is 0 Å². The van der Waals surface area contributed by atoms with E-state index in [0.717, 1.165) is 11.4 Å². The second-order valence-corrected chi connectivity index (χ2v) is 7.05. The molecule has 1 saturated heterocycles. The lowest BCUT2D eigenvalue weighted by Crippen LogP contribution is -2.40. The van der Waals surface area contributed by atoms with Crippen molar-refractivity contribution in [2.75, 3.05) is 18.6 Å². The molecule has 0 saturated carbocycles. The summed E-state index contributed by atoms with van der Waals surface area (Å²) in [6.07, 6.45) is -0.801. The fourth-order valence-electron chi connectivity index (χ4n) is 2.29. The first-order valence-corrected chi connectivity index (χ1v) is 7.71. The van der Waals surface area contributed by atoms with Crippen LogP contribution in [0.3, 0.4) is 0 Å². The van der Waals surface area contributed by atoms with Crippen LogP contribution in [0.5, 0.6) is 0 Å². The second kappa shape index (κ2) is 4.95. The summed E-state index contributed by atoms with van der Waals surface area (Å²) in [5, 5.41) is 9.79. The van der Waals surface area contributed by atoms with Crippen molar-refractivity contribution in [3.8, 4) is 0 Å². The number of pyridine rings is 1. The molecule has 0 aliphatic carbocycles. The smallest absolute Gasteiger partial charge is 0.154 e. The van der Waals surface area contributed by atoms with Gasteiger partial charge in [0, 0.05) is 12.2 Å². The Morgan fingerprint density at radius 3 is 2.72 bits per heavy atom. The maximum atomic E-state index is 11.5. The van der Waals surface area contributed by atoms with Crippen LogP contribution in [0.15, 0.2) is 18.2 Å². The van der Waals surface area contributed by atoms with Gasteiger partial charge in [0.2, 0.25) is 0 Å².